The Morgan fingerprint density at radius 2 is 1.36 bits per heavy atom. The van der Waals surface area contributed by atoms with Crippen molar-refractivity contribution < 1.29 is 9.53 Å². The second kappa shape index (κ2) is 21.2. The highest BCUT2D eigenvalue weighted by molar-refractivity contribution is 7.99. The molecular weight excluding hydrogens is 366 g/mol. The van der Waals surface area contributed by atoms with Crippen LogP contribution >= 0.6 is 11.8 Å². The van der Waals surface area contributed by atoms with E-state index in [0.29, 0.717) is 5.75 Å². The summed E-state index contributed by atoms with van der Waals surface area (Å²) in [7, 11) is 1.38. The van der Waals surface area contributed by atoms with Gasteiger partial charge < -0.3 is 10.5 Å². The van der Waals surface area contributed by atoms with Crippen LogP contribution in [0.5, 0.6) is 0 Å². The molecule has 0 aliphatic rings. The molecule has 1 atom stereocenters. The van der Waals surface area contributed by atoms with Crippen LogP contribution in [0.3, 0.4) is 0 Å². The fraction of sp³-hybridized carbons (Fsp3) is 0.875. The van der Waals surface area contributed by atoms with Crippen LogP contribution in [-0.4, -0.2) is 30.6 Å². The summed E-state index contributed by atoms with van der Waals surface area (Å²) in [6, 6.07) is -0.505. The Morgan fingerprint density at radius 3 is 1.82 bits per heavy atom. The number of allylic oxidation sites excluding steroid dienone is 1. The molecule has 0 unspecified atom stereocenters. The molecule has 0 aliphatic carbocycles. The second-order valence-corrected chi connectivity index (χ2v) is 9.14. The van der Waals surface area contributed by atoms with Crippen molar-refractivity contribution in [2.45, 2.75) is 116 Å². The minimum atomic E-state index is -0.505. The molecule has 0 saturated heterocycles. The molecule has 4 heteroatoms. The molecule has 0 aromatic heterocycles. The molecular formula is C24H47NO2S. The van der Waals surface area contributed by atoms with E-state index in [2.05, 4.69) is 24.7 Å². The number of nitrogens with two attached hydrogens (primary N) is 1. The van der Waals surface area contributed by atoms with Gasteiger partial charge in [-0.05, 0) is 19.8 Å². The Hall–Kier alpha value is -0.480. The van der Waals surface area contributed by atoms with E-state index in [-0.39, 0.29) is 5.97 Å². The molecule has 0 amide bonds. The van der Waals surface area contributed by atoms with Gasteiger partial charge >= 0.3 is 5.97 Å². The predicted molar refractivity (Wildman–Crippen MR) is 126 cm³/mol. The highest BCUT2D eigenvalue weighted by atomic mass is 32.2. The van der Waals surface area contributed by atoms with Gasteiger partial charge in [0.25, 0.3) is 0 Å². The molecule has 0 fully saturated rings. The Kier molecular flexibility index (Phi) is 20.9. The average Bonchev–Trinajstić information content (AvgIpc) is 2.70. The number of esters is 1. The number of methoxy groups -OCH3 is 1. The van der Waals surface area contributed by atoms with Crippen LogP contribution in [0, 0.1) is 0 Å². The Balaban J connectivity index is 3.33. The first-order valence-electron chi connectivity index (χ1n) is 11.7. The van der Waals surface area contributed by atoms with Gasteiger partial charge in [0.2, 0.25) is 0 Å². The summed E-state index contributed by atoms with van der Waals surface area (Å²) in [5.41, 5.74) is 7.18. The van der Waals surface area contributed by atoms with Crippen LogP contribution in [0.1, 0.15) is 110 Å². The van der Waals surface area contributed by atoms with Gasteiger partial charge in [-0.3, -0.25) is 4.79 Å². The highest BCUT2D eigenvalue weighted by Crippen LogP contribution is 2.15. The van der Waals surface area contributed by atoms with Gasteiger partial charge in [0.15, 0.2) is 0 Å². The van der Waals surface area contributed by atoms with Crippen molar-refractivity contribution in [1.29, 1.82) is 0 Å². The number of hydrogen-bond donors (Lipinski definition) is 1. The summed E-state index contributed by atoms with van der Waals surface area (Å²) >= 11 is 1.69. The number of thioether (sulfide) groups is 1. The molecule has 0 bridgehead atoms. The van der Waals surface area contributed by atoms with Gasteiger partial charge in [0.05, 0.1) is 7.11 Å². The van der Waals surface area contributed by atoms with Crippen molar-refractivity contribution in [3.05, 3.63) is 11.6 Å². The third-order valence-electron chi connectivity index (χ3n) is 5.28. The number of carbonyl (C=O) groups is 1. The molecule has 0 aromatic carbocycles. The van der Waals surface area contributed by atoms with E-state index in [4.69, 9.17) is 5.73 Å². The lowest BCUT2D eigenvalue weighted by Crippen LogP contribution is -2.33. The first-order chi connectivity index (χ1) is 13.6. The summed E-state index contributed by atoms with van der Waals surface area (Å²) in [5, 5.41) is 0. The first-order valence-corrected chi connectivity index (χ1v) is 12.8. The molecule has 0 radical (unpaired) electrons. The smallest absolute Gasteiger partial charge is 0.323 e. The first kappa shape index (κ1) is 27.5. The zero-order chi connectivity index (χ0) is 20.9. The average molecular weight is 414 g/mol. The molecule has 28 heavy (non-hydrogen) atoms. The van der Waals surface area contributed by atoms with Crippen molar-refractivity contribution >= 4 is 17.7 Å². The number of rotatable bonds is 20. The second-order valence-electron chi connectivity index (χ2n) is 8.06. The lowest BCUT2D eigenvalue weighted by atomic mass is 10.0. The summed E-state index contributed by atoms with van der Waals surface area (Å²) in [4.78, 5) is 11.2. The van der Waals surface area contributed by atoms with E-state index in [0.717, 1.165) is 5.75 Å². The van der Waals surface area contributed by atoms with Crippen LogP contribution in [-0.2, 0) is 9.53 Å². The predicted octanol–water partition coefficient (Wildman–Crippen LogP) is 7.04. The van der Waals surface area contributed by atoms with Crippen LogP contribution in [0.25, 0.3) is 0 Å². The molecule has 0 aromatic rings. The lowest BCUT2D eigenvalue weighted by molar-refractivity contribution is -0.141. The summed E-state index contributed by atoms with van der Waals surface area (Å²) < 4.78 is 4.63. The molecule has 3 nitrogen and oxygen atoms in total. The van der Waals surface area contributed by atoms with Gasteiger partial charge in [-0.2, -0.15) is 11.8 Å². The molecule has 0 heterocycles. The van der Waals surface area contributed by atoms with Gasteiger partial charge in [-0.1, -0.05) is 102 Å². The largest absolute Gasteiger partial charge is 0.468 e. The van der Waals surface area contributed by atoms with Crippen molar-refractivity contribution in [1.82, 2.24) is 0 Å². The van der Waals surface area contributed by atoms with E-state index in [1.54, 1.807) is 11.8 Å². The highest BCUT2D eigenvalue weighted by Gasteiger charge is 2.12. The van der Waals surface area contributed by atoms with Crippen LogP contribution in [0.2, 0.25) is 0 Å². The molecule has 0 rings (SSSR count). The maximum atomic E-state index is 11.2. The maximum absolute atomic E-state index is 11.2. The monoisotopic (exact) mass is 413 g/mol. The molecule has 166 valence electrons. The minimum Gasteiger partial charge on any atom is -0.468 e. The van der Waals surface area contributed by atoms with Gasteiger partial charge in [-0.15, -0.1) is 0 Å². The standard InChI is InChI=1S/C24H47NO2S/c1-4-5-6-7-8-9-10-11-12-13-14-15-16-17-18-22(2)19-20-28-21-23(25)24(26)27-3/h19,23H,4-18,20-21,25H2,1-3H3/b22-19+/t23-/m0/s1. The zero-order valence-corrected chi connectivity index (χ0v) is 19.8. The van der Waals surface area contributed by atoms with Crippen LogP contribution in [0.4, 0.5) is 0 Å². The zero-order valence-electron chi connectivity index (χ0n) is 19.0. The Morgan fingerprint density at radius 1 is 0.893 bits per heavy atom. The maximum Gasteiger partial charge on any atom is 0.323 e. The number of hydrogen-bond acceptors (Lipinski definition) is 4. The molecule has 0 spiro atoms. The third-order valence-corrected chi connectivity index (χ3v) is 6.27. The van der Waals surface area contributed by atoms with Crippen molar-refractivity contribution in [2.24, 2.45) is 5.73 Å². The number of ether oxygens (including phenoxy) is 1. The summed E-state index contributed by atoms with van der Waals surface area (Å²) in [6.45, 7) is 4.49. The third kappa shape index (κ3) is 18.9. The van der Waals surface area contributed by atoms with Crippen molar-refractivity contribution in [2.75, 3.05) is 18.6 Å². The molecule has 0 aliphatic heterocycles. The topological polar surface area (TPSA) is 52.3 Å². The summed E-state index contributed by atoms with van der Waals surface area (Å²) in [5.74, 6) is 1.22. The van der Waals surface area contributed by atoms with E-state index in [9.17, 15) is 4.79 Å². The molecule has 2 N–H and O–H groups in total. The minimum absolute atomic E-state index is 0.324. The lowest BCUT2D eigenvalue weighted by Gasteiger charge is -2.07. The van der Waals surface area contributed by atoms with Crippen molar-refractivity contribution in [3.8, 4) is 0 Å². The Bertz CT molecular complexity index is 385. The fourth-order valence-corrected chi connectivity index (χ4v) is 4.24. The van der Waals surface area contributed by atoms with Crippen LogP contribution < -0.4 is 5.73 Å². The van der Waals surface area contributed by atoms with E-state index >= 15 is 0 Å². The summed E-state index contributed by atoms with van der Waals surface area (Å²) in [6.07, 6.45) is 23.2. The number of carbonyl (C=O) groups excluding carboxylic acids is 1. The van der Waals surface area contributed by atoms with E-state index in [1.165, 1.54) is 109 Å². The fourth-order valence-electron chi connectivity index (χ4n) is 3.32. The van der Waals surface area contributed by atoms with Crippen molar-refractivity contribution in [3.63, 3.8) is 0 Å². The SMILES string of the molecule is CCCCCCCCCCCCCCCC/C(C)=C/CSC[C@H](N)C(=O)OC. The molecule has 0 saturated carbocycles. The van der Waals surface area contributed by atoms with Gasteiger partial charge in [0, 0.05) is 11.5 Å². The van der Waals surface area contributed by atoms with Gasteiger partial charge in [0.1, 0.15) is 6.04 Å². The van der Waals surface area contributed by atoms with Crippen LogP contribution in [0.15, 0.2) is 11.6 Å². The van der Waals surface area contributed by atoms with E-state index < -0.39 is 6.04 Å². The Labute approximate surface area is 179 Å². The normalized spacial score (nSPS) is 12.9. The number of unbranched alkanes of at least 4 members (excludes halogenated alkanes) is 13. The quantitative estimate of drug-likeness (QED) is 0.132. The van der Waals surface area contributed by atoms with E-state index in [1.807, 2.05) is 0 Å². The van der Waals surface area contributed by atoms with Gasteiger partial charge in [-0.25, -0.2) is 0 Å².